The highest BCUT2D eigenvalue weighted by molar-refractivity contribution is 9.10. The number of carbonyl (C=O) groups excluding carboxylic acids is 2. The SMILES string of the molecule is CC(=O)NCC1CCN(C(=O)c2cc(N)cc(Br)c2)CC1. The molecule has 3 N–H and O–H groups in total. The van der Waals surface area contributed by atoms with Gasteiger partial charge in [-0.25, -0.2) is 0 Å². The number of likely N-dealkylation sites (tertiary alicyclic amines) is 1. The Morgan fingerprint density at radius 3 is 2.57 bits per heavy atom. The van der Waals surface area contributed by atoms with Gasteiger partial charge in [0.05, 0.1) is 0 Å². The first-order valence-corrected chi connectivity index (χ1v) is 7.85. The van der Waals surface area contributed by atoms with E-state index in [4.69, 9.17) is 5.73 Å². The Balaban J connectivity index is 1.92. The molecule has 0 aliphatic carbocycles. The summed E-state index contributed by atoms with van der Waals surface area (Å²) in [5.74, 6) is 0.463. The first kappa shape index (κ1) is 15.8. The lowest BCUT2D eigenvalue weighted by molar-refractivity contribution is -0.119. The standard InChI is InChI=1S/C15H20BrN3O2/c1-10(20)18-9-11-2-4-19(5-3-11)15(21)12-6-13(16)8-14(17)7-12/h6-8,11H,2-5,9,17H2,1H3,(H,18,20). The minimum Gasteiger partial charge on any atom is -0.399 e. The highest BCUT2D eigenvalue weighted by Gasteiger charge is 2.24. The second-order valence-electron chi connectivity index (χ2n) is 5.45. The molecule has 0 aromatic heterocycles. The van der Waals surface area contributed by atoms with Crippen LogP contribution in [0.2, 0.25) is 0 Å². The van der Waals surface area contributed by atoms with Gasteiger partial charge in [0, 0.05) is 42.3 Å². The van der Waals surface area contributed by atoms with Crippen LogP contribution in [-0.4, -0.2) is 36.3 Å². The summed E-state index contributed by atoms with van der Waals surface area (Å²) in [6.07, 6.45) is 1.82. The van der Waals surface area contributed by atoms with Crippen LogP contribution in [0.25, 0.3) is 0 Å². The summed E-state index contributed by atoms with van der Waals surface area (Å²) in [5.41, 5.74) is 6.97. The lowest BCUT2D eigenvalue weighted by Crippen LogP contribution is -2.41. The van der Waals surface area contributed by atoms with Crippen LogP contribution in [0.15, 0.2) is 22.7 Å². The maximum absolute atomic E-state index is 12.5. The van der Waals surface area contributed by atoms with Crippen LogP contribution >= 0.6 is 15.9 Å². The van der Waals surface area contributed by atoms with Gasteiger partial charge in [-0.1, -0.05) is 15.9 Å². The monoisotopic (exact) mass is 353 g/mol. The van der Waals surface area contributed by atoms with Crippen molar-refractivity contribution in [1.29, 1.82) is 0 Å². The second-order valence-corrected chi connectivity index (χ2v) is 6.36. The molecule has 1 fully saturated rings. The third kappa shape index (κ3) is 4.46. The summed E-state index contributed by atoms with van der Waals surface area (Å²) in [5, 5.41) is 2.84. The fraction of sp³-hybridized carbons (Fsp3) is 0.467. The van der Waals surface area contributed by atoms with Crippen LogP contribution in [0.5, 0.6) is 0 Å². The van der Waals surface area contributed by atoms with E-state index in [1.54, 1.807) is 18.2 Å². The first-order valence-electron chi connectivity index (χ1n) is 7.05. The highest BCUT2D eigenvalue weighted by atomic mass is 79.9. The van der Waals surface area contributed by atoms with Gasteiger partial charge in [0.2, 0.25) is 5.91 Å². The molecule has 6 heteroatoms. The third-order valence-corrected chi connectivity index (χ3v) is 4.17. The zero-order valence-electron chi connectivity index (χ0n) is 12.1. The Labute approximate surface area is 133 Å². The smallest absolute Gasteiger partial charge is 0.253 e. The van der Waals surface area contributed by atoms with Crippen molar-refractivity contribution >= 4 is 33.4 Å². The number of anilines is 1. The molecule has 5 nitrogen and oxygen atoms in total. The number of hydrogen-bond donors (Lipinski definition) is 2. The number of nitrogen functional groups attached to an aromatic ring is 1. The van der Waals surface area contributed by atoms with Gasteiger partial charge in [-0.3, -0.25) is 9.59 Å². The van der Waals surface area contributed by atoms with Crippen molar-refractivity contribution in [3.63, 3.8) is 0 Å². The molecule has 0 unspecified atom stereocenters. The maximum atomic E-state index is 12.5. The largest absolute Gasteiger partial charge is 0.399 e. The van der Waals surface area contributed by atoms with E-state index in [2.05, 4.69) is 21.2 Å². The van der Waals surface area contributed by atoms with Crippen molar-refractivity contribution in [1.82, 2.24) is 10.2 Å². The Kier molecular flexibility index (Phi) is 5.22. The van der Waals surface area contributed by atoms with Crippen LogP contribution in [0.4, 0.5) is 5.69 Å². The number of carbonyl (C=O) groups is 2. The summed E-state index contributed by atoms with van der Waals surface area (Å²) in [6, 6.07) is 5.27. The lowest BCUT2D eigenvalue weighted by Gasteiger charge is -2.32. The molecule has 1 aromatic carbocycles. The molecule has 21 heavy (non-hydrogen) atoms. The van der Waals surface area contributed by atoms with Gasteiger partial charge in [0.25, 0.3) is 5.91 Å². The molecule has 1 saturated heterocycles. The predicted octanol–water partition coefficient (Wildman–Crippen LogP) is 2.02. The number of benzene rings is 1. The van der Waals surface area contributed by atoms with E-state index in [0.717, 1.165) is 30.4 Å². The van der Waals surface area contributed by atoms with E-state index in [-0.39, 0.29) is 11.8 Å². The number of amides is 2. The van der Waals surface area contributed by atoms with Crippen LogP contribution in [0, 0.1) is 5.92 Å². The zero-order valence-corrected chi connectivity index (χ0v) is 13.6. The van der Waals surface area contributed by atoms with Crippen molar-refractivity contribution < 1.29 is 9.59 Å². The fourth-order valence-electron chi connectivity index (χ4n) is 2.55. The first-order chi connectivity index (χ1) is 9.95. The van der Waals surface area contributed by atoms with Gasteiger partial charge >= 0.3 is 0 Å². The minimum absolute atomic E-state index is 0.00174. The molecule has 1 aliphatic rings. The third-order valence-electron chi connectivity index (χ3n) is 3.71. The van der Waals surface area contributed by atoms with Crippen LogP contribution in [0.3, 0.4) is 0 Å². The summed E-state index contributed by atoms with van der Waals surface area (Å²) in [7, 11) is 0. The van der Waals surface area contributed by atoms with E-state index in [1.165, 1.54) is 6.92 Å². The molecular weight excluding hydrogens is 334 g/mol. The molecule has 1 aromatic rings. The number of nitrogens with zero attached hydrogens (tertiary/aromatic N) is 1. The minimum atomic E-state index is -0.00174. The summed E-state index contributed by atoms with van der Waals surface area (Å²) in [4.78, 5) is 25.2. The predicted molar refractivity (Wildman–Crippen MR) is 85.9 cm³/mol. The van der Waals surface area contributed by atoms with E-state index in [9.17, 15) is 9.59 Å². The molecule has 2 rings (SSSR count). The Hall–Kier alpha value is -1.56. The lowest BCUT2D eigenvalue weighted by atomic mass is 9.96. The topological polar surface area (TPSA) is 75.4 Å². The number of halogens is 1. The van der Waals surface area contributed by atoms with E-state index < -0.39 is 0 Å². The average molecular weight is 354 g/mol. The van der Waals surface area contributed by atoms with Crippen molar-refractivity contribution in [3.8, 4) is 0 Å². The fourth-order valence-corrected chi connectivity index (χ4v) is 3.06. The summed E-state index contributed by atoms with van der Waals surface area (Å²) in [6.45, 7) is 3.66. The number of hydrogen-bond acceptors (Lipinski definition) is 3. The zero-order chi connectivity index (χ0) is 15.4. The van der Waals surface area contributed by atoms with Crippen molar-refractivity contribution in [2.45, 2.75) is 19.8 Å². The number of nitrogens with one attached hydrogen (secondary N) is 1. The average Bonchev–Trinajstić information content (AvgIpc) is 2.44. The molecule has 0 bridgehead atoms. The molecule has 114 valence electrons. The summed E-state index contributed by atoms with van der Waals surface area (Å²) >= 11 is 3.36. The van der Waals surface area contributed by atoms with Gasteiger partial charge < -0.3 is 16.0 Å². The molecular formula is C15H20BrN3O2. The Morgan fingerprint density at radius 1 is 1.33 bits per heavy atom. The van der Waals surface area contributed by atoms with E-state index in [1.807, 2.05) is 4.90 Å². The summed E-state index contributed by atoms with van der Waals surface area (Å²) < 4.78 is 0.811. The molecule has 0 saturated carbocycles. The van der Waals surface area contributed by atoms with Crippen LogP contribution in [-0.2, 0) is 4.79 Å². The van der Waals surface area contributed by atoms with Crippen molar-refractivity contribution in [2.24, 2.45) is 5.92 Å². The molecule has 2 amide bonds. The number of rotatable bonds is 3. The van der Waals surface area contributed by atoms with E-state index in [0.29, 0.717) is 23.7 Å². The van der Waals surface area contributed by atoms with E-state index >= 15 is 0 Å². The number of nitrogens with two attached hydrogens (primary N) is 1. The van der Waals surface area contributed by atoms with Crippen molar-refractivity contribution in [2.75, 3.05) is 25.4 Å². The van der Waals surface area contributed by atoms with Crippen LogP contribution < -0.4 is 11.1 Å². The molecule has 0 atom stereocenters. The Bertz CT molecular complexity index is 519. The van der Waals surface area contributed by atoms with Gasteiger partial charge in [-0.05, 0) is 37.0 Å². The molecule has 1 heterocycles. The van der Waals surface area contributed by atoms with Gasteiger partial charge in [0.15, 0.2) is 0 Å². The maximum Gasteiger partial charge on any atom is 0.253 e. The molecule has 0 spiro atoms. The van der Waals surface area contributed by atoms with Crippen LogP contribution in [0.1, 0.15) is 30.1 Å². The quantitative estimate of drug-likeness (QED) is 0.816. The molecule has 0 radical (unpaired) electrons. The number of piperidine rings is 1. The Morgan fingerprint density at radius 2 is 2.00 bits per heavy atom. The van der Waals surface area contributed by atoms with Gasteiger partial charge in [-0.15, -0.1) is 0 Å². The van der Waals surface area contributed by atoms with Gasteiger partial charge in [-0.2, -0.15) is 0 Å². The van der Waals surface area contributed by atoms with Gasteiger partial charge in [0.1, 0.15) is 0 Å². The normalized spacial score (nSPS) is 15.8. The van der Waals surface area contributed by atoms with Crippen molar-refractivity contribution in [3.05, 3.63) is 28.2 Å². The highest BCUT2D eigenvalue weighted by Crippen LogP contribution is 2.22. The molecule has 1 aliphatic heterocycles. The second kappa shape index (κ2) is 6.93.